The molecule has 0 aromatic carbocycles. The van der Waals surface area contributed by atoms with Gasteiger partial charge in [-0.05, 0) is 31.5 Å². The molecule has 2 aliphatic rings. The number of hydrogen-bond acceptors (Lipinski definition) is 6. The SMILES string of the molecule is CCOc1cc(-c2ccc(N3CCC4(CNC4)C3)nc2)c2c3cn[nH]c3nn2c1. The summed E-state index contributed by atoms with van der Waals surface area (Å²) in [5, 5.41) is 16.1. The van der Waals surface area contributed by atoms with Gasteiger partial charge in [-0.15, -0.1) is 5.10 Å². The van der Waals surface area contributed by atoms with Crippen LogP contribution in [0.15, 0.2) is 36.8 Å². The van der Waals surface area contributed by atoms with Gasteiger partial charge in [-0.2, -0.15) is 5.10 Å². The van der Waals surface area contributed by atoms with Crippen molar-refractivity contribution in [1.29, 1.82) is 0 Å². The maximum atomic E-state index is 5.77. The predicted molar refractivity (Wildman–Crippen MR) is 111 cm³/mol. The van der Waals surface area contributed by atoms with Crippen molar-refractivity contribution in [2.75, 3.05) is 37.7 Å². The molecule has 2 aliphatic heterocycles. The zero-order valence-electron chi connectivity index (χ0n) is 16.4. The summed E-state index contributed by atoms with van der Waals surface area (Å²) in [4.78, 5) is 7.21. The Hall–Kier alpha value is -3.13. The average molecular weight is 389 g/mol. The first-order valence-corrected chi connectivity index (χ1v) is 10.2. The summed E-state index contributed by atoms with van der Waals surface area (Å²) in [6, 6.07) is 6.35. The Morgan fingerprint density at radius 3 is 2.90 bits per heavy atom. The molecule has 2 saturated heterocycles. The number of H-pyrrole nitrogens is 1. The van der Waals surface area contributed by atoms with Crippen LogP contribution in [0.2, 0.25) is 0 Å². The summed E-state index contributed by atoms with van der Waals surface area (Å²) in [5.74, 6) is 1.84. The molecule has 0 amide bonds. The van der Waals surface area contributed by atoms with E-state index in [9.17, 15) is 0 Å². The lowest BCUT2D eigenvalue weighted by Crippen LogP contribution is -2.54. The van der Waals surface area contributed by atoms with E-state index in [4.69, 9.17) is 9.72 Å². The zero-order chi connectivity index (χ0) is 19.4. The van der Waals surface area contributed by atoms with Crippen molar-refractivity contribution < 1.29 is 4.74 Å². The fourth-order valence-electron chi connectivity index (χ4n) is 4.64. The van der Waals surface area contributed by atoms with Crippen molar-refractivity contribution >= 4 is 22.4 Å². The van der Waals surface area contributed by atoms with Gasteiger partial charge in [0, 0.05) is 48.9 Å². The van der Waals surface area contributed by atoms with Crippen LogP contribution in [-0.4, -0.2) is 57.6 Å². The van der Waals surface area contributed by atoms with E-state index in [0.29, 0.717) is 12.0 Å². The van der Waals surface area contributed by atoms with Crippen molar-refractivity contribution in [1.82, 2.24) is 30.1 Å². The minimum Gasteiger partial charge on any atom is -0.492 e. The van der Waals surface area contributed by atoms with Gasteiger partial charge in [-0.25, -0.2) is 9.50 Å². The van der Waals surface area contributed by atoms with E-state index in [1.165, 1.54) is 6.42 Å². The number of anilines is 1. The molecule has 0 bridgehead atoms. The van der Waals surface area contributed by atoms with Crippen LogP contribution < -0.4 is 15.0 Å². The van der Waals surface area contributed by atoms with Gasteiger partial charge in [0.1, 0.15) is 11.6 Å². The minimum atomic E-state index is 0.461. The molecule has 1 spiro atoms. The third-order valence-corrected chi connectivity index (χ3v) is 6.23. The summed E-state index contributed by atoms with van der Waals surface area (Å²) < 4.78 is 7.64. The first-order valence-electron chi connectivity index (χ1n) is 10.2. The Bertz CT molecular complexity index is 1190. The lowest BCUT2D eigenvalue weighted by atomic mass is 9.81. The number of nitrogens with zero attached hydrogens (tertiary/aromatic N) is 5. The molecule has 148 valence electrons. The second kappa shape index (κ2) is 6.18. The number of hydrogen-bond donors (Lipinski definition) is 2. The van der Waals surface area contributed by atoms with Crippen LogP contribution in [0.4, 0.5) is 5.82 Å². The maximum Gasteiger partial charge on any atom is 0.178 e. The third kappa shape index (κ3) is 2.59. The van der Waals surface area contributed by atoms with E-state index < -0.39 is 0 Å². The Labute approximate surface area is 167 Å². The lowest BCUT2D eigenvalue weighted by molar-refractivity contribution is 0.199. The van der Waals surface area contributed by atoms with E-state index in [1.807, 2.05) is 30.0 Å². The summed E-state index contributed by atoms with van der Waals surface area (Å²) in [6.07, 6.45) is 6.94. The number of rotatable bonds is 4. The highest BCUT2D eigenvalue weighted by molar-refractivity contribution is 6.00. The summed E-state index contributed by atoms with van der Waals surface area (Å²) >= 11 is 0. The van der Waals surface area contributed by atoms with Crippen LogP contribution in [0, 0.1) is 5.41 Å². The Balaban J connectivity index is 1.40. The second-order valence-corrected chi connectivity index (χ2v) is 8.13. The van der Waals surface area contributed by atoms with Crippen LogP contribution in [0.1, 0.15) is 13.3 Å². The smallest absolute Gasteiger partial charge is 0.178 e. The molecule has 0 radical (unpaired) electrons. The van der Waals surface area contributed by atoms with E-state index >= 15 is 0 Å². The average Bonchev–Trinajstić information content (AvgIpc) is 3.41. The lowest BCUT2D eigenvalue weighted by Gasteiger charge is -2.39. The molecule has 2 fully saturated rings. The Morgan fingerprint density at radius 1 is 1.24 bits per heavy atom. The molecule has 6 heterocycles. The Kier molecular flexibility index (Phi) is 3.58. The number of fused-ring (bicyclic) bond motifs is 3. The van der Waals surface area contributed by atoms with E-state index in [2.05, 4.69) is 43.7 Å². The third-order valence-electron chi connectivity index (χ3n) is 6.23. The van der Waals surface area contributed by atoms with Crippen molar-refractivity contribution in [2.45, 2.75) is 13.3 Å². The van der Waals surface area contributed by atoms with Gasteiger partial charge in [-0.1, -0.05) is 0 Å². The van der Waals surface area contributed by atoms with Gasteiger partial charge < -0.3 is 15.0 Å². The van der Waals surface area contributed by atoms with Crippen LogP contribution in [0.3, 0.4) is 0 Å². The molecule has 0 atom stereocenters. The van der Waals surface area contributed by atoms with Crippen molar-refractivity contribution in [3.63, 3.8) is 0 Å². The van der Waals surface area contributed by atoms with E-state index in [0.717, 1.165) is 65.4 Å². The van der Waals surface area contributed by atoms with Crippen LogP contribution in [0.25, 0.3) is 27.7 Å². The fraction of sp³-hybridized carbons (Fsp3) is 0.381. The highest BCUT2D eigenvalue weighted by atomic mass is 16.5. The number of nitrogens with one attached hydrogen (secondary N) is 2. The molecule has 6 rings (SSSR count). The quantitative estimate of drug-likeness (QED) is 0.558. The van der Waals surface area contributed by atoms with Gasteiger partial charge in [0.15, 0.2) is 5.65 Å². The van der Waals surface area contributed by atoms with Gasteiger partial charge in [0.25, 0.3) is 0 Å². The highest BCUT2D eigenvalue weighted by Crippen LogP contribution is 2.37. The maximum absolute atomic E-state index is 5.77. The minimum absolute atomic E-state index is 0.461. The van der Waals surface area contributed by atoms with Gasteiger partial charge in [-0.3, -0.25) is 5.10 Å². The Morgan fingerprint density at radius 2 is 2.17 bits per heavy atom. The highest BCUT2D eigenvalue weighted by Gasteiger charge is 2.43. The van der Waals surface area contributed by atoms with Crippen molar-refractivity contribution in [2.24, 2.45) is 5.41 Å². The second-order valence-electron chi connectivity index (χ2n) is 8.13. The van der Waals surface area contributed by atoms with Gasteiger partial charge in [0.05, 0.1) is 29.9 Å². The van der Waals surface area contributed by atoms with E-state index in [1.54, 1.807) is 0 Å². The largest absolute Gasteiger partial charge is 0.492 e. The molecule has 4 aromatic heterocycles. The van der Waals surface area contributed by atoms with Gasteiger partial charge >= 0.3 is 0 Å². The first-order chi connectivity index (χ1) is 14.2. The molecule has 0 aliphatic carbocycles. The first kappa shape index (κ1) is 16.8. The van der Waals surface area contributed by atoms with Crippen molar-refractivity contribution in [3.05, 3.63) is 36.8 Å². The molecular weight excluding hydrogens is 366 g/mol. The molecule has 4 aromatic rings. The monoisotopic (exact) mass is 389 g/mol. The molecule has 8 nitrogen and oxygen atoms in total. The van der Waals surface area contributed by atoms with Crippen LogP contribution in [0.5, 0.6) is 5.75 Å². The molecule has 8 heteroatoms. The summed E-state index contributed by atoms with van der Waals surface area (Å²) in [7, 11) is 0. The molecular formula is C21H23N7O. The standard InChI is InChI=1S/C21H23N7O/c1-2-29-15-7-16(19-17-9-24-25-20(17)26-28(19)10-15)14-3-4-18(23-8-14)27-6-5-21(13-27)11-22-12-21/h3-4,7-10,22H,2,5-6,11-13H2,1H3,(H,25,26). The summed E-state index contributed by atoms with van der Waals surface area (Å²) in [6.45, 7) is 7.02. The number of aromatic amines is 1. The van der Waals surface area contributed by atoms with Crippen LogP contribution in [-0.2, 0) is 0 Å². The molecule has 2 N–H and O–H groups in total. The van der Waals surface area contributed by atoms with E-state index in [-0.39, 0.29) is 0 Å². The summed E-state index contributed by atoms with van der Waals surface area (Å²) in [5.41, 5.74) is 4.32. The molecule has 0 saturated carbocycles. The molecule has 0 unspecified atom stereocenters. The topological polar surface area (TPSA) is 83.4 Å². The number of aromatic nitrogens is 5. The fourth-order valence-corrected chi connectivity index (χ4v) is 4.64. The van der Waals surface area contributed by atoms with Crippen molar-refractivity contribution in [3.8, 4) is 16.9 Å². The molecule has 29 heavy (non-hydrogen) atoms. The normalized spacial score (nSPS) is 18.0. The van der Waals surface area contributed by atoms with Crippen LogP contribution >= 0.6 is 0 Å². The zero-order valence-corrected chi connectivity index (χ0v) is 16.4. The van der Waals surface area contributed by atoms with Gasteiger partial charge in [0.2, 0.25) is 0 Å². The predicted octanol–water partition coefficient (Wildman–Crippen LogP) is 2.47. The number of pyridine rings is 2. The number of ether oxygens (including phenoxy) is 1.